The van der Waals surface area contributed by atoms with E-state index in [0.717, 1.165) is 6.26 Å². The number of carbonyl (C=O) groups excluding carboxylic acids is 1. The maximum Gasteiger partial charge on any atom is 0.238 e. The summed E-state index contributed by atoms with van der Waals surface area (Å²) < 4.78 is 23.7. The lowest BCUT2D eigenvalue weighted by molar-refractivity contribution is -0.130. The molecule has 1 amide bonds. The highest BCUT2D eigenvalue weighted by molar-refractivity contribution is 7.88. The van der Waals surface area contributed by atoms with Gasteiger partial charge in [-0.3, -0.25) is 4.79 Å². The summed E-state index contributed by atoms with van der Waals surface area (Å²) in [6, 6.07) is -0.304. The fourth-order valence-electron chi connectivity index (χ4n) is 1.000. The van der Waals surface area contributed by atoms with Crippen LogP contribution in [0.2, 0.25) is 0 Å². The monoisotopic (exact) mass is 237 g/mol. The van der Waals surface area contributed by atoms with Gasteiger partial charge in [-0.15, -0.1) is 0 Å². The van der Waals surface area contributed by atoms with Crippen LogP contribution in [-0.4, -0.2) is 58.7 Å². The van der Waals surface area contributed by atoms with Crippen molar-refractivity contribution in [1.82, 2.24) is 14.9 Å². The molecule has 0 bridgehead atoms. The molecular formula is C8H19N3O3S. The summed E-state index contributed by atoms with van der Waals surface area (Å²) in [6.45, 7) is 2.44. The SMILES string of the molecule is CC(NCCNS(C)(=O)=O)C(=O)N(C)C. The molecule has 0 aliphatic carbocycles. The Balaban J connectivity index is 3.74. The van der Waals surface area contributed by atoms with Gasteiger partial charge < -0.3 is 10.2 Å². The number of likely N-dealkylation sites (N-methyl/N-ethyl adjacent to an activating group) is 1. The van der Waals surface area contributed by atoms with Crippen molar-refractivity contribution in [2.75, 3.05) is 33.4 Å². The van der Waals surface area contributed by atoms with Crippen molar-refractivity contribution in [3.05, 3.63) is 0 Å². The lowest BCUT2D eigenvalue weighted by Gasteiger charge is -2.17. The van der Waals surface area contributed by atoms with Crippen molar-refractivity contribution in [2.24, 2.45) is 0 Å². The number of nitrogens with one attached hydrogen (secondary N) is 2. The van der Waals surface area contributed by atoms with E-state index in [1.54, 1.807) is 21.0 Å². The number of rotatable bonds is 6. The highest BCUT2D eigenvalue weighted by Crippen LogP contribution is 1.87. The Labute approximate surface area is 91.1 Å². The topological polar surface area (TPSA) is 78.5 Å². The lowest BCUT2D eigenvalue weighted by atomic mass is 10.3. The zero-order valence-corrected chi connectivity index (χ0v) is 10.4. The Hall–Kier alpha value is -0.660. The number of sulfonamides is 1. The van der Waals surface area contributed by atoms with E-state index in [1.807, 2.05) is 0 Å². The van der Waals surface area contributed by atoms with Gasteiger partial charge >= 0.3 is 0 Å². The first-order chi connectivity index (χ1) is 6.74. The molecule has 0 aromatic carbocycles. The van der Waals surface area contributed by atoms with Crippen LogP contribution < -0.4 is 10.0 Å². The number of hydrogen-bond acceptors (Lipinski definition) is 4. The second-order valence-corrected chi connectivity index (χ2v) is 5.41. The minimum atomic E-state index is -3.14. The van der Waals surface area contributed by atoms with Gasteiger partial charge in [0, 0.05) is 27.2 Å². The molecule has 1 unspecified atom stereocenters. The Morgan fingerprint density at radius 2 is 1.87 bits per heavy atom. The summed E-state index contributed by atoms with van der Waals surface area (Å²) in [5.41, 5.74) is 0. The van der Waals surface area contributed by atoms with E-state index in [9.17, 15) is 13.2 Å². The second kappa shape index (κ2) is 6.04. The maximum atomic E-state index is 11.4. The zero-order chi connectivity index (χ0) is 12.1. The number of amides is 1. The van der Waals surface area contributed by atoms with Crippen molar-refractivity contribution in [3.8, 4) is 0 Å². The van der Waals surface area contributed by atoms with Crippen molar-refractivity contribution < 1.29 is 13.2 Å². The first-order valence-electron chi connectivity index (χ1n) is 4.63. The molecule has 6 nitrogen and oxygen atoms in total. The van der Waals surface area contributed by atoms with Gasteiger partial charge in [0.1, 0.15) is 0 Å². The van der Waals surface area contributed by atoms with Crippen LogP contribution in [0.5, 0.6) is 0 Å². The maximum absolute atomic E-state index is 11.4. The van der Waals surface area contributed by atoms with Crippen molar-refractivity contribution in [2.45, 2.75) is 13.0 Å². The van der Waals surface area contributed by atoms with Crippen LogP contribution in [0.15, 0.2) is 0 Å². The largest absolute Gasteiger partial charge is 0.347 e. The summed E-state index contributed by atoms with van der Waals surface area (Å²) in [5.74, 6) is -0.0330. The summed E-state index contributed by atoms with van der Waals surface area (Å²) in [6.07, 6.45) is 1.10. The van der Waals surface area contributed by atoms with Crippen LogP contribution >= 0.6 is 0 Å². The van der Waals surface area contributed by atoms with Gasteiger partial charge in [-0.1, -0.05) is 0 Å². The van der Waals surface area contributed by atoms with Gasteiger partial charge in [0.15, 0.2) is 0 Å². The van der Waals surface area contributed by atoms with Crippen molar-refractivity contribution in [3.63, 3.8) is 0 Å². The molecule has 0 aliphatic rings. The average Bonchev–Trinajstić information content (AvgIpc) is 2.09. The first kappa shape index (κ1) is 14.3. The quantitative estimate of drug-likeness (QED) is 0.557. The normalized spacial score (nSPS) is 13.6. The zero-order valence-electron chi connectivity index (χ0n) is 9.57. The van der Waals surface area contributed by atoms with Gasteiger partial charge in [-0.2, -0.15) is 0 Å². The number of nitrogens with zero attached hydrogens (tertiary/aromatic N) is 1. The van der Waals surface area contributed by atoms with Gasteiger partial charge in [0.05, 0.1) is 12.3 Å². The predicted molar refractivity (Wildman–Crippen MR) is 59.0 cm³/mol. The third-order valence-corrected chi connectivity index (χ3v) is 2.48. The van der Waals surface area contributed by atoms with Crippen LogP contribution in [0, 0.1) is 0 Å². The van der Waals surface area contributed by atoms with Gasteiger partial charge in [0.2, 0.25) is 15.9 Å². The predicted octanol–water partition coefficient (Wildman–Crippen LogP) is -1.40. The third kappa shape index (κ3) is 7.29. The molecule has 7 heteroatoms. The second-order valence-electron chi connectivity index (χ2n) is 3.57. The van der Waals surface area contributed by atoms with Crippen LogP contribution in [0.4, 0.5) is 0 Å². The van der Waals surface area contributed by atoms with E-state index in [2.05, 4.69) is 10.0 Å². The van der Waals surface area contributed by atoms with Crippen molar-refractivity contribution >= 4 is 15.9 Å². The smallest absolute Gasteiger partial charge is 0.238 e. The molecule has 0 radical (unpaired) electrons. The Morgan fingerprint density at radius 1 is 1.33 bits per heavy atom. The first-order valence-corrected chi connectivity index (χ1v) is 6.52. The summed E-state index contributed by atoms with van der Waals surface area (Å²) in [4.78, 5) is 12.8. The van der Waals surface area contributed by atoms with Gasteiger partial charge in [0.25, 0.3) is 0 Å². The Kier molecular flexibility index (Phi) is 5.77. The minimum Gasteiger partial charge on any atom is -0.347 e. The van der Waals surface area contributed by atoms with E-state index in [0.29, 0.717) is 6.54 Å². The van der Waals surface area contributed by atoms with Crippen LogP contribution in [0.1, 0.15) is 6.92 Å². The van der Waals surface area contributed by atoms with Gasteiger partial charge in [-0.25, -0.2) is 13.1 Å². The summed E-state index contributed by atoms with van der Waals surface area (Å²) in [7, 11) is 0.208. The van der Waals surface area contributed by atoms with E-state index in [4.69, 9.17) is 0 Å². The summed E-state index contributed by atoms with van der Waals surface area (Å²) in [5, 5.41) is 2.92. The molecule has 2 N–H and O–H groups in total. The van der Waals surface area contributed by atoms with E-state index in [-0.39, 0.29) is 18.5 Å². The van der Waals surface area contributed by atoms with Crippen LogP contribution in [-0.2, 0) is 14.8 Å². The lowest BCUT2D eigenvalue weighted by Crippen LogP contribution is -2.44. The Bertz CT molecular complexity index is 300. The fourth-order valence-corrected chi connectivity index (χ4v) is 1.47. The Morgan fingerprint density at radius 3 is 2.27 bits per heavy atom. The van der Waals surface area contributed by atoms with E-state index >= 15 is 0 Å². The molecule has 0 aromatic rings. The molecule has 90 valence electrons. The van der Waals surface area contributed by atoms with E-state index < -0.39 is 10.0 Å². The average molecular weight is 237 g/mol. The fraction of sp³-hybridized carbons (Fsp3) is 0.875. The highest BCUT2D eigenvalue weighted by Gasteiger charge is 2.13. The van der Waals surface area contributed by atoms with Gasteiger partial charge in [-0.05, 0) is 6.92 Å². The molecule has 0 aliphatic heterocycles. The third-order valence-electron chi connectivity index (χ3n) is 1.75. The molecule has 15 heavy (non-hydrogen) atoms. The molecule has 0 saturated carbocycles. The molecule has 0 heterocycles. The summed E-state index contributed by atoms with van der Waals surface area (Å²) >= 11 is 0. The van der Waals surface area contributed by atoms with Crippen LogP contribution in [0.3, 0.4) is 0 Å². The number of hydrogen-bond donors (Lipinski definition) is 2. The van der Waals surface area contributed by atoms with Crippen LogP contribution in [0.25, 0.3) is 0 Å². The molecular weight excluding hydrogens is 218 g/mol. The number of carbonyl (C=O) groups is 1. The highest BCUT2D eigenvalue weighted by atomic mass is 32.2. The molecule has 1 atom stereocenters. The minimum absolute atomic E-state index is 0.0330. The molecule has 0 fully saturated rings. The van der Waals surface area contributed by atoms with Crippen molar-refractivity contribution in [1.29, 1.82) is 0 Å². The van der Waals surface area contributed by atoms with E-state index in [1.165, 1.54) is 4.90 Å². The standard InChI is InChI=1S/C8H19N3O3S/c1-7(8(12)11(2)3)9-5-6-10-15(4,13)14/h7,9-10H,5-6H2,1-4H3. The molecule has 0 aromatic heterocycles. The molecule has 0 saturated heterocycles. The molecule has 0 rings (SSSR count). The molecule has 0 spiro atoms.